The Morgan fingerprint density at radius 3 is 2.69 bits per heavy atom. The van der Waals surface area contributed by atoms with E-state index in [1.807, 2.05) is 25.3 Å². The molecule has 0 saturated heterocycles. The number of halogens is 1. The maximum absolute atomic E-state index is 12.0. The fourth-order valence-corrected chi connectivity index (χ4v) is 5.65. The summed E-state index contributed by atoms with van der Waals surface area (Å²) in [6.07, 6.45) is 6.70. The van der Waals surface area contributed by atoms with Crippen LogP contribution in [0, 0.1) is 0 Å². The molecule has 1 unspecified atom stereocenters. The van der Waals surface area contributed by atoms with Gasteiger partial charge in [-0.05, 0) is 55.5 Å². The lowest BCUT2D eigenvalue weighted by molar-refractivity contribution is 0.161. The van der Waals surface area contributed by atoms with Crippen molar-refractivity contribution in [2.75, 3.05) is 12.3 Å². The third-order valence-electron chi connectivity index (χ3n) is 6.10. The normalized spacial score (nSPS) is 20.7. The zero-order chi connectivity index (χ0) is 20.5. The van der Waals surface area contributed by atoms with Gasteiger partial charge in [0.2, 0.25) is 10.0 Å². The van der Waals surface area contributed by atoms with Crippen molar-refractivity contribution in [2.45, 2.75) is 57.0 Å². The summed E-state index contributed by atoms with van der Waals surface area (Å²) in [5.74, 6) is 0.629. The number of nitrogens with zero attached hydrogens (tertiary/aromatic N) is 2. The number of benzene rings is 1. The van der Waals surface area contributed by atoms with Crippen LogP contribution < -0.4 is 10.0 Å². The molecule has 0 spiro atoms. The lowest BCUT2D eigenvalue weighted by Crippen LogP contribution is -2.49. The Morgan fingerprint density at radius 2 is 2.03 bits per heavy atom. The van der Waals surface area contributed by atoms with Crippen LogP contribution in [-0.4, -0.2) is 30.7 Å². The van der Waals surface area contributed by atoms with Crippen LogP contribution >= 0.6 is 11.6 Å². The fraction of sp³-hybridized carbons (Fsp3) is 0.524. The van der Waals surface area contributed by atoms with Crippen molar-refractivity contribution in [3.05, 3.63) is 58.1 Å². The first-order valence-corrected chi connectivity index (χ1v) is 12.3. The Balaban J connectivity index is 1.64. The lowest BCUT2D eigenvalue weighted by Gasteiger charge is -2.50. The van der Waals surface area contributed by atoms with E-state index in [2.05, 4.69) is 27.2 Å². The van der Waals surface area contributed by atoms with Crippen molar-refractivity contribution in [2.24, 2.45) is 0 Å². The molecule has 1 atom stereocenters. The van der Waals surface area contributed by atoms with Crippen molar-refractivity contribution in [3.8, 4) is 0 Å². The monoisotopic (exact) mass is 434 g/mol. The zero-order valence-electron chi connectivity index (χ0n) is 16.6. The molecule has 6 nitrogen and oxygen atoms in total. The van der Waals surface area contributed by atoms with Gasteiger partial charge in [0.25, 0.3) is 0 Å². The molecular weight excluding hydrogens is 408 g/mol. The molecule has 1 aliphatic heterocycles. The van der Waals surface area contributed by atoms with Crippen molar-refractivity contribution in [1.29, 1.82) is 0 Å². The highest BCUT2D eigenvalue weighted by Gasteiger charge is 2.48. The maximum Gasteiger partial charge on any atom is 0.211 e. The number of fused-ring (bicyclic) bond motifs is 1. The largest absolute Gasteiger partial charge is 0.308 e. The molecule has 1 aromatic heterocycles. The highest BCUT2D eigenvalue weighted by atomic mass is 35.5. The molecule has 0 radical (unpaired) electrons. The van der Waals surface area contributed by atoms with E-state index >= 15 is 0 Å². The van der Waals surface area contributed by atoms with Crippen LogP contribution in [0.5, 0.6) is 0 Å². The first-order valence-electron chi connectivity index (χ1n) is 10.2. The summed E-state index contributed by atoms with van der Waals surface area (Å²) in [6, 6.07) is 8.25. The van der Waals surface area contributed by atoms with Gasteiger partial charge in [0.1, 0.15) is 5.82 Å². The molecule has 2 N–H and O–H groups in total. The number of aromatic nitrogens is 2. The first kappa shape index (κ1) is 20.7. The smallest absolute Gasteiger partial charge is 0.211 e. The second kappa shape index (κ2) is 8.30. The second-order valence-corrected chi connectivity index (χ2v) is 10.4. The Hall–Kier alpha value is -1.54. The van der Waals surface area contributed by atoms with Gasteiger partial charge in [-0.1, -0.05) is 37.1 Å². The molecule has 8 heteroatoms. The molecule has 2 heterocycles. The number of nitrogens with one attached hydrogen (secondary N) is 2. The van der Waals surface area contributed by atoms with Gasteiger partial charge in [0, 0.05) is 16.6 Å². The van der Waals surface area contributed by atoms with Gasteiger partial charge in [-0.3, -0.25) is 0 Å². The molecule has 29 heavy (non-hydrogen) atoms. The van der Waals surface area contributed by atoms with Crippen LogP contribution in [0.4, 0.5) is 0 Å². The minimum absolute atomic E-state index is 0.00685. The molecule has 2 aromatic rings. The lowest BCUT2D eigenvalue weighted by atomic mass is 9.58. The Morgan fingerprint density at radius 1 is 1.28 bits per heavy atom. The van der Waals surface area contributed by atoms with Crippen LogP contribution in [0.15, 0.2) is 30.5 Å². The average Bonchev–Trinajstić information content (AvgIpc) is 2.67. The van der Waals surface area contributed by atoms with Gasteiger partial charge >= 0.3 is 0 Å². The zero-order valence-corrected chi connectivity index (χ0v) is 18.2. The van der Waals surface area contributed by atoms with E-state index in [1.165, 1.54) is 12.0 Å². The quantitative estimate of drug-likeness (QED) is 0.698. The topological polar surface area (TPSA) is 84.0 Å². The van der Waals surface area contributed by atoms with Crippen molar-refractivity contribution in [3.63, 3.8) is 0 Å². The molecule has 1 fully saturated rings. The van der Waals surface area contributed by atoms with Gasteiger partial charge < -0.3 is 5.32 Å². The van der Waals surface area contributed by atoms with Gasteiger partial charge in [-0.2, -0.15) is 0 Å². The summed E-state index contributed by atoms with van der Waals surface area (Å²) in [7, 11) is -3.29. The SMILES string of the molecule is CCCS(=O)(=O)NCc1ncc2c(n1)C(C1(c3ccc(Cl)cc3)CCC1)NCC2. The average molecular weight is 435 g/mol. The predicted molar refractivity (Wildman–Crippen MR) is 114 cm³/mol. The van der Waals surface area contributed by atoms with E-state index in [-0.39, 0.29) is 23.8 Å². The van der Waals surface area contributed by atoms with E-state index in [1.54, 1.807) is 0 Å². The van der Waals surface area contributed by atoms with Gasteiger partial charge in [-0.25, -0.2) is 23.1 Å². The van der Waals surface area contributed by atoms with Crippen LogP contribution in [0.3, 0.4) is 0 Å². The van der Waals surface area contributed by atoms with E-state index in [0.29, 0.717) is 12.2 Å². The number of hydrogen-bond acceptors (Lipinski definition) is 5. The third kappa shape index (κ3) is 4.19. The van der Waals surface area contributed by atoms with Crippen molar-refractivity contribution >= 4 is 21.6 Å². The van der Waals surface area contributed by atoms with E-state index < -0.39 is 10.0 Å². The van der Waals surface area contributed by atoms with Crippen molar-refractivity contribution in [1.82, 2.24) is 20.0 Å². The van der Waals surface area contributed by atoms with E-state index in [9.17, 15) is 8.42 Å². The minimum Gasteiger partial charge on any atom is -0.308 e. The summed E-state index contributed by atoms with van der Waals surface area (Å²) in [4.78, 5) is 9.24. The standard InChI is InChI=1S/C21H27ClN4O2S/c1-2-12-29(27,28)25-14-18-24-13-15-8-11-23-20(19(15)26-18)21(9-3-10-21)16-4-6-17(22)7-5-16/h4-7,13,20,23,25H,2-3,8-12,14H2,1H3. The predicted octanol–water partition coefficient (Wildman–Crippen LogP) is 3.27. The maximum atomic E-state index is 12.0. The van der Waals surface area contributed by atoms with Gasteiger partial charge in [-0.15, -0.1) is 0 Å². The van der Waals surface area contributed by atoms with E-state index in [0.717, 1.165) is 42.1 Å². The summed E-state index contributed by atoms with van der Waals surface area (Å²) >= 11 is 6.11. The highest BCUT2D eigenvalue weighted by Crippen LogP contribution is 2.53. The molecule has 1 saturated carbocycles. The Bertz CT molecular complexity index is 975. The van der Waals surface area contributed by atoms with Crippen LogP contribution in [0.1, 0.15) is 61.3 Å². The molecule has 156 valence electrons. The summed E-state index contributed by atoms with van der Waals surface area (Å²) in [5.41, 5.74) is 3.43. The molecular formula is C21H27ClN4O2S. The molecule has 4 rings (SSSR count). The third-order valence-corrected chi connectivity index (χ3v) is 7.89. The fourth-order valence-electron chi connectivity index (χ4n) is 4.49. The second-order valence-electron chi connectivity index (χ2n) is 7.99. The van der Waals surface area contributed by atoms with Crippen molar-refractivity contribution < 1.29 is 8.42 Å². The van der Waals surface area contributed by atoms with Crippen LogP contribution in [-0.2, 0) is 28.4 Å². The van der Waals surface area contributed by atoms with Crippen LogP contribution in [0.25, 0.3) is 0 Å². The van der Waals surface area contributed by atoms with Crippen LogP contribution in [0.2, 0.25) is 5.02 Å². The molecule has 0 bridgehead atoms. The summed E-state index contributed by atoms with van der Waals surface area (Å²) in [5, 5.41) is 4.43. The molecule has 1 aromatic carbocycles. The number of sulfonamides is 1. The Kier molecular flexibility index (Phi) is 5.93. The van der Waals surface area contributed by atoms with Gasteiger partial charge in [0.15, 0.2) is 0 Å². The van der Waals surface area contributed by atoms with E-state index in [4.69, 9.17) is 16.6 Å². The molecule has 1 aliphatic carbocycles. The highest BCUT2D eigenvalue weighted by molar-refractivity contribution is 7.89. The summed E-state index contributed by atoms with van der Waals surface area (Å²) in [6.45, 7) is 2.86. The first-order chi connectivity index (χ1) is 13.9. The Labute approximate surface area is 177 Å². The molecule has 2 aliphatic rings. The van der Waals surface area contributed by atoms with Gasteiger partial charge in [0.05, 0.1) is 24.0 Å². The number of hydrogen-bond donors (Lipinski definition) is 2. The number of rotatable bonds is 7. The summed E-state index contributed by atoms with van der Waals surface area (Å²) < 4.78 is 26.6. The molecule has 0 amide bonds. The minimum atomic E-state index is -3.29.